The van der Waals surface area contributed by atoms with Gasteiger partial charge < -0.3 is 10.2 Å². The Morgan fingerprint density at radius 2 is 2.15 bits per heavy atom. The molecule has 0 aliphatic rings. The van der Waals surface area contributed by atoms with Crippen molar-refractivity contribution in [2.24, 2.45) is 0 Å². The largest absolute Gasteiger partial charge is 0.506 e. The van der Waals surface area contributed by atoms with E-state index in [9.17, 15) is 4.79 Å². The van der Waals surface area contributed by atoms with E-state index in [2.05, 4.69) is 0 Å². The quantitative estimate of drug-likeness (QED) is 0.716. The van der Waals surface area contributed by atoms with Crippen LogP contribution in [0, 0.1) is 0 Å². The maximum Gasteiger partial charge on any atom is 0.328 e. The average molecular weight is 199 g/mol. The number of hydrogen-bond acceptors (Lipinski definition) is 2. The summed E-state index contributed by atoms with van der Waals surface area (Å²) in [7, 11) is 0. The third kappa shape index (κ3) is 2.49. The van der Waals surface area contributed by atoms with Crippen LogP contribution in [0.5, 0.6) is 5.75 Å². The van der Waals surface area contributed by atoms with E-state index in [4.69, 9.17) is 21.8 Å². The highest BCUT2D eigenvalue weighted by Gasteiger charge is 2.01. The van der Waals surface area contributed by atoms with Gasteiger partial charge in [0, 0.05) is 6.08 Å². The average Bonchev–Trinajstić information content (AvgIpc) is 2.07. The molecule has 4 heteroatoms. The number of rotatable bonds is 2. The molecule has 0 aliphatic carbocycles. The molecule has 0 amide bonds. The van der Waals surface area contributed by atoms with Crippen molar-refractivity contribution in [3.8, 4) is 5.75 Å². The maximum atomic E-state index is 10.2. The second kappa shape index (κ2) is 3.96. The smallest absolute Gasteiger partial charge is 0.328 e. The number of carboxylic acids is 1. The fourth-order valence-electron chi connectivity index (χ4n) is 0.827. The summed E-state index contributed by atoms with van der Waals surface area (Å²) in [6.07, 6.45) is 2.28. The highest BCUT2D eigenvalue weighted by atomic mass is 35.5. The van der Waals surface area contributed by atoms with E-state index in [1.54, 1.807) is 12.1 Å². The fourth-order valence-corrected chi connectivity index (χ4v) is 1.02. The molecule has 68 valence electrons. The third-order valence-corrected chi connectivity index (χ3v) is 1.83. The molecule has 0 heterocycles. The zero-order chi connectivity index (χ0) is 9.84. The Balaban J connectivity index is 3.02. The van der Waals surface area contributed by atoms with E-state index in [0.717, 1.165) is 6.08 Å². The number of phenols is 1. The van der Waals surface area contributed by atoms with Crippen molar-refractivity contribution < 1.29 is 15.0 Å². The minimum atomic E-state index is -1.06. The van der Waals surface area contributed by atoms with E-state index in [-0.39, 0.29) is 10.8 Å². The van der Waals surface area contributed by atoms with Gasteiger partial charge in [-0.2, -0.15) is 0 Å². The Hall–Kier alpha value is -1.48. The SMILES string of the molecule is O=C(O)C=Cc1cccc(O)c1Cl. The van der Waals surface area contributed by atoms with Crippen LogP contribution in [0.25, 0.3) is 6.08 Å². The highest BCUT2D eigenvalue weighted by molar-refractivity contribution is 6.33. The first-order chi connectivity index (χ1) is 6.11. The Morgan fingerprint density at radius 1 is 1.46 bits per heavy atom. The number of phenolic OH excluding ortho intramolecular Hbond substituents is 1. The number of carboxylic acid groups (broad SMARTS) is 1. The van der Waals surface area contributed by atoms with Crippen molar-refractivity contribution in [2.75, 3.05) is 0 Å². The van der Waals surface area contributed by atoms with Gasteiger partial charge >= 0.3 is 5.97 Å². The molecule has 3 nitrogen and oxygen atoms in total. The zero-order valence-electron chi connectivity index (χ0n) is 6.57. The Kier molecular flexibility index (Phi) is 2.93. The standard InChI is InChI=1S/C9H7ClO3/c10-9-6(4-5-8(12)13)2-1-3-7(9)11/h1-5,11H,(H,12,13). The summed E-state index contributed by atoms with van der Waals surface area (Å²) >= 11 is 5.68. The lowest BCUT2D eigenvalue weighted by Crippen LogP contribution is -1.86. The molecule has 0 bridgehead atoms. The first-order valence-corrected chi connectivity index (χ1v) is 3.87. The van der Waals surface area contributed by atoms with E-state index in [0.29, 0.717) is 5.56 Å². The van der Waals surface area contributed by atoms with Gasteiger partial charge in [0.05, 0.1) is 5.02 Å². The molecule has 0 fully saturated rings. The summed E-state index contributed by atoms with van der Waals surface area (Å²) in [5, 5.41) is 17.6. The van der Waals surface area contributed by atoms with Gasteiger partial charge in [-0.05, 0) is 17.7 Å². The summed E-state index contributed by atoms with van der Waals surface area (Å²) in [4.78, 5) is 10.2. The van der Waals surface area contributed by atoms with Crippen molar-refractivity contribution >= 4 is 23.6 Å². The number of carbonyl (C=O) groups is 1. The molecule has 1 rings (SSSR count). The monoisotopic (exact) mass is 198 g/mol. The second-order valence-corrected chi connectivity index (χ2v) is 2.73. The van der Waals surface area contributed by atoms with Crippen LogP contribution < -0.4 is 0 Å². The topological polar surface area (TPSA) is 57.5 Å². The zero-order valence-corrected chi connectivity index (χ0v) is 7.32. The minimum Gasteiger partial charge on any atom is -0.506 e. The number of aromatic hydroxyl groups is 1. The number of hydrogen-bond donors (Lipinski definition) is 2. The molecule has 13 heavy (non-hydrogen) atoms. The van der Waals surface area contributed by atoms with Gasteiger partial charge in [0.25, 0.3) is 0 Å². The molecule has 0 spiro atoms. The van der Waals surface area contributed by atoms with E-state index < -0.39 is 5.97 Å². The van der Waals surface area contributed by atoms with Crippen molar-refractivity contribution in [3.63, 3.8) is 0 Å². The van der Waals surface area contributed by atoms with Crippen molar-refractivity contribution in [1.29, 1.82) is 0 Å². The van der Waals surface area contributed by atoms with E-state index >= 15 is 0 Å². The number of halogens is 1. The van der Waals surface area contributed by atoms with Gasteiger partial charge in [0.1, 0.15) is 5.75 Å². The van der Waals surface area contributed by atoms with Crippen LogP contribution in [0.1, 0.15) is 5.56 Å². The summed E-state index contributed by atoms with van der Waals surface area (Å²) < 4.78 is 0. The lowest BCUT2D eigenvalue weighted by Gasteiger charge is -1.99. The minimum absolute atomic E-state index is 0.0609. The Labute approximate surface area is 79.9 Å². The number of aliphatic carboxylic acids is 1. The van der Waals surface area contributed by atoms with Crippen molar-refractivity contribution in [3.05, 3.63) is 34.9 Å². The molecule has 0 radical (unpaired) electrons. The van der Waals surface area contributed by atoms with E-state index in [1.807, 2.05) is 0 Å². The molecule has 1 aromatic rings. The van der Waals surface area contributed by atoms with Crippen LogP contribution in [0.2, 0.25) is 5.02 Å². The van der Waals surface area contributed by atoms with Crippen LogP contribution in [-0.4, -0.2) is 16.2 Å². The molecule has 0 aromatic heterocycles. The van der Waals surface area contributed by atoms with Crippen LogP contribution in [-0.2, 0) is 4.79 Å². The van der Waals surface area contributed by atoms with Gasteiger partial charge in [0.2, 0.25) is 0 Å². The lowest BCUT2D eigenvalue weighted by molar-refractivity contribution is -0.131. The van der Waals surface area contributed by atoms with Crippen molar-refractivity contribution in [2.45, 2.75) is 0 Å². The van der Waals surface area contributed by atoms with Crippen molar-refractivity contribution in [1.82, 2.24) is 0 Å². The molecule has 0 saturated heterocycles. The Morgan fingerprint density at radius 3 is 2.77 bits per heavy atom. The van der Waals surface area contributed by atoms with Gasteiger partial charge in [-0.15, -0.1) is 0 Å². The summed E-state index contributed by atoms with van der Waals surface area (Å²) in [6.45, 7) is 0. The fraction of sp³-hybridized carbons (Fsp3) is 0. The van der Waals surface area contributed by atoms with Gasteiger partial charge in [-0.3, -0.25) is 0 Å². The van der Waals surface area contributed by atoms with Crippen LogP contribution >= 0.6 is 11.6 Å². The predicted molar refractivity (Wildman–Crippen MR) is 49.8 cm³/mol. The molecule has 2 N–H and O–H groups in total. The molecular formula is C9H7ClO3. The van der Waals surface area contributed by atoms with Gasteiger partial charge in [-0.25, -0.2) is 4.79 Å². The summed E-state index contributed by atoms with van der Waals surface area (Å²) in [5.74, 6) is -1.12. The molecule has 0 atom stereocenters. The maximum absolute atomic E-state index is 10.2. The van der Waals surface area contributed by atoms with Crippen LogP contribution in [0.15, 0.2) is 24.3 Å². The first kappa shape index (κ1) is 9.61. The normalized spacial score (nSPS) is 10.5. The van der Waals surface area contributed by atoms with Crippen LogP contribution in [0.3, 0.4) is 0 Å². The number of benzene rings is 1. The second-order valence-electron chi connectivity index (χ2n) is 2.35. The van der Waals surface area contributed by atoms with Gasteiger partial charge in [0.15, 0.2) is 0 Å². The van der Waals surface area contributed by atoms with Crippen LogP contribution in [0.4, 0.5) is 0 Å². The Bertz CT molecular complexity index is 358. The highest BCUT2D eigenvalue weighted by Crippen LogP contribution is 2.27. The molecule has 1 aromatic carbocycles. The molecule has 0 saturated carbocycles. The van der Waals surface area contributed by atoms with E-state index in [1.165, 1.54) is 12.1 Å². The summed E-state index contributed by atoms with van der Waals surface area (Å²) in [5.41, 5.74) is 0.476. The summed E-state index contributed by atoms with van der Waals surface area (Å²) in [6, 6.07) is 4.63. The molecule has 0 unspecified atom stereocenters. The molecule has 0 aliphatic heterocycles. The predicted octanol–water partition coefficient (Wildman–Crippen LogP) is 2.14. The third-order valence-electron chi connectivity index (χ3n) is 1.41. The molecular weight excluding hydrogens is 192 g/mol. The first-order valence-electron chi connectivity index (χ1n) is 3.50. The van der Waals surface area contributed by atoms with Gasteiger partial charge in [-0.1, -0.05) is 23.7 Å². The lowest BCUT2D eigenvalue weighted by atomic mass is 10.2.